The number of pyridine rings is 1. The first kappa shape index (κ1) is 14.9. The van der Waals surface area contributed by atoms with Gasteiger partial charge in [0.05, 0.1) is 5.69 Å². The Hall–Kier alpha value is -2.50. The molecule has 0 aliphatic heterocycles. The lowest BCUT2D eigenvalue weighted by Crippen LogP contribution is -2.30. The monoisotopic (exact) mass is 292 g/mol. The summed E-state index contributed by atoms with van der Waals surface area (Å²) >= 11 is 0. The SMILES string of the molecule is Cc1cc(C)n(C)c(=O)c1C(=O)Nc1ccc(F)cc1F. The zero-order valence-corrected chi connectivity index (χ0v) is 11.8. The van der Waals surface area contributed by atoms with Crippen molar-refractivity contribution in [1.29, 1.82) is 0 Å². The van der Waals surface area contributed by atoms with Gasteiger partial charge in [0.15, 0.2) is 0 Å². The van der Waals surface area contributed by atoms with Crippen LogP contribution in [-0.4, -0.2) is 10.5 Å². The average molecular weight is 292 g/mol. The van der Waals surface area contributed by atoms with E-state index in [4.69, 9.17) is 0 Å². The minimum atomic E-state index is -0.898. The van der Waals surface area contributed by atoms with Crippen LogP contribution in [0.3, 0.4) is 0 Å². The van der Waals surface area contributed by atoms with E-state index in [2.05, 4.69) is 5.32 Å². The van der Waals surface area contributed by atoms with Crippen LogP contribution in [0.5, 0.6) is 0 Å². The van der Waals surface area contributed by atoms with Crippen molar-refractivity contribution >= 4 is 11.6 Å². The topological polar surface area (TPSA) is 51.1 Å². The molecule has 2 rings (SSSR count). The highest BCUT2D eigenvalue weighted by Crippen LogP contribution is 2.16. The van der Waals surface area contributed by atoms with Crippen LogP contribution in [0.15, 0.2) is 29.1 Å². The van der Waals surface area contributed by atoms with E-state index in [1.165, 1.54) is 4.57 Å². The first-order valence-corrected chi connectivity index (χ1v) is 6.25. The number of anilines is 1. The number of carbonyl (C=O) groups is 1. The number of hydrogen-bond acceptors (Lipinski definition) is 2. The van der Waals surface area contributed by atoms with Crippen LogP contribution in [0.25, 0.3) is 0 Å². The lowest BCUT2D eigenvalue weighted by atomic mass is 10.1. The van der Waals surface area contributed by atoms with Crippen LogP contribution in [0, 0.1) is 25.5 Å². The molecule has 4 nitrogen and oxygen atoms in total. The smallest absolute Gasteiger partial charge is 0.263 e. The van der Waals surface area contributed by atoms with Crippen LogP contribution in [0.1, 0.15) is 21.6 Å². The Kier molecular flexibility index (Phi) is 3.88. The van der Waals surface area contributed by atoms with Gasteiger partial charge in [0.2, 0.25) is 0 Å². The van der Waals surface area contributed by atoms with Crippen LogP contribution in [0.4, 0.5) is 14.5 Å². The summed E-state index contributed by atoms with van der Waals surface area (Å²) in [6.45, 7) is 3.38. The molecule has 6 heteroatoms. The van der Waals surface area contributed by atoms with Crippen LogP contribution < -0.4 is 10.9 Å². The molecule has 0 aliphatic rings. The summed E-state index contributed by atoms with van der Waals surface area (Å²) in [6, 6.07) is 4.49. The molecule has 1 aromatic heterocycles. The van der Waals surface area contributed by atoms with E-state index < -0.39 is 23.1 Å². The van der Waals surface area contributed by atoms with Crippen molar-refractivity contribution in [2.75, 3.05) is 5.32 Å². The standard InChI is InChI=1S/C15H14F2N2O2/c1-8-6-9(2)19(3)15(21)13(8)14(20)18-12-5-4-10(16)7-11(12)17/h4-7H,1-3H3,(H,18,20). The third-order valence-electron chi connectivity index (χ3n) is 3.27. The summed E-state index contributed by atoms with van der Waals surface area (Å²) in [6.07, 6.45) is 0. The van der Waals surface area contributed by atoms with Gasteiger partial charge in [-0.1, -0.05) is 0 Å². The summed E-state index contributed by atoms with van der Waals surface area (Å²) < 4.78 is 27.7. The molecule has 0 saturated heterocycles. The van der Waals surface area contributed by atoms with E-state index in [0.717, 1.165) is 12.1 Å². The first-order valence-electron chi connectivity index (χ1n) is 6.25. The quantitative estimate of drug-likeness (QED) is 0.924. The molecule has 1 amide bonds. The largest absolute Gasteiger partial charge is 0.319 e. The highest BCUT2D eigenvalue weighted by molar-refractivity contribution is 6.05. The maximum absolute atomic E-state index is 13.5. The molecule has 0 spiro atoms. The fourth-order valence-electron chi connectivity index (χ4n) is 2.03. The zero-order chi connectivity index (χ0) is 15.7. The van der Waals surface area contributed by atoms with Crippen LogP contribution >= 0.6 is 0 Å². The number of aromatic nitrogens is 1. The third-order valence-corrected chi connectivity index (χ3v) is 3.27. The number of nitrogens with one attached hydrogen (secondary N) is 1. The number of hydrogen-bond donors (Lipinski definition) is 1. The molecule has 0 fully saturated rings. The Bertz CT molecular complexity index is 782. The molecule has 0 atom stereocenters. The summed E-state index contributed by atoms with van der Waals surface area (Å²) in [5.74, 6) is -2.36. The van der Waals surface area contributed by atoms with Gasteiger partial charge in [-0.25, -0.2) is 8.78 Å². The molecule has 1 aromatic carbocycles. The lowest BCUT2D eigenvalue weighted by molar-refractivity contribution is 0.102. The van der Waals surface area contributed by atoms with Crippen molar-refractivity contribution < 1.29 is 13.6 Å². The zero-order valence-electron chi connectivity index (χ0n) is 11.8. The van der Waals surface area contributed by atoms with Gasteiger partial charge in [0, 0.05) is 18.8 Å². The number of benzene rings is 1. The van der Waals surface area contributed by atoms with Gasteiger partial charge >= 0.3 is 0 Å². The Labute approximate surface area is 120 Å². The number of amides is 1. The van der Waals surface area contributed by atoms with E-state index in [-0.39, 0.29) is 11.3 Å². The molecule has 1 heterocycles. The number of nitrogens with zero attached hydrogens (tertiary/aromatic N) is 1. The molecule has 110 valence electrons. The fourth-order valence-corrected chi connectivity index (χ4v) is 2.03. The van der Waals surface area contributed by atoms with E-state index in [1.807, 2.05) is 0 Å². The number of rotatable bonds is 2. The van der Waals surface area contributed by atoms with Crippen LogP contribution in [-0.2, 0) is 7.05 Å². The predicted molar refractivity (Wildman–Crippen MR) is 75.5 cm³/mol. The number of aryl methyl sites for hydroxylation is 2. The predicted octanol–water partition coefficient (Wildman–Crippen LogP) is 2.53. The van der Waals surface area contributed by atoms with Gasteiger partial charge < -0.3 is 9.88 Å². The van der Waals surface area contributed by atoms with Gasteiger partial charge in [-0.2, -0.15) is 0 Å². The second kappa shape index (κ2) is 5.47. The van der Waals surface area contributed by atoms with E-state index in [0.29, 0.717) is 17.3 Å². The maximum atomic E-state index is 13.5. The molecule has 0 bridgehead atoms. The molecular weight excluding hydrogens is 278 g/mol. The van der Waals surface area contributed by atoms with Gasteiger partial charge in [0.1, 0.15) is 17.2 Å². The van der Waals surface area contributed by atoms with Crippen molar-refractivity contribution in [2.45, 2.75) is 13.8 Å². The Morgan fingerprint density at radius 3 is 2.48 bits per heavy atom. The minimum Gasteiger partial charge on any atom is -0.319 e. The number of halogens is 2. The second-order valence-corrected chi connectivity index (χ2v) is 4.79. The van der Waals surface area contributed by atoms with Crippen LogP contribution in [0.2, 0.25) is 0 Å². The van der Waals surface area contributed by atoms with Gasteiger partial charge in [-0.15, -0.1) is 0 Å². The van der Waals surface area contributed by atoms with Gasteiger partial charge in [-0.3, -0.25) is 9.59 Å². The normalized spacial score (nSPS) is 10.5. The van der Waals surface area contributed by atoms with Crippen molar-refractivity contribution in [3.8, 4) is 0 Å². The summed E-state index contributed by atoms with van der Waals surface area (Å²) in [5, 5.41) is 2.29. The van der Waals surface area contributed by atoms with E-state index in [9.17, 15) is 18.4 Å². The first-order chi connectivity index (χ1) is 9.81. The van der Waals surface area contributed by atoms with Gasteiger partial charge in [-0.05, 0) is 37.6 Å². The summed E-state index contributed by atoms with van der Waals surface area (Å²) in [7, 11) is 1.55. The molecular formula is C15H14F2N2O2. The molecule has 0 radical (unpaired) electrons. The second-order valence-electron chi connectivity index (χ2n) is 4.79. The Balaban J connectivity index is 2.42. The molecule has 2 aromatic rings. The van der Waals surface area contributed by atoms with E-state index in [1.54, 1.807) is 27.0 Å². The van der Waals surface area contributed by atoms with Crippen molar-refractivity contribution in [3.05, 3.63) is 63.1 Å². The number of carbonyl (C=O) groups excluding carboxylic acids is 1. The summed E-state index contributed by atoms with van der Waals surface area (Å²) in [4.78, 5) is 24.3. The lowest BCUT2D eigenvalue weighted by Gasteiger charge is -2.11. The Morgan fingerprint density at radius 1 is 1.19 bits per heavy atom. The molecule has 1 N–H and O–H groups in total. The molecule has 0 aliphatic carbocycles. The molecule has 21 heavy (non-hydrogen) atoms. The molecule has 0 saturated carbocycles. The van der Waals surface area contributed by atoms with Gasteiger partial charge in [0.25, 0.3) is 11.5 Å². The third kappa shape index (κ3) is 2.84. The maximum Gasteiger partial charge on any atom is 0.263 e. The highest BCUT2D eigenvalue weighted by Gasteiger charge is 2.17. The summed E-state index contributed by atoms with van der Waals surface area (Å²) in [5.41, 5.74) is 0.500. The van der Waals surface area contributed by atoms with Crippen molar-refractivity contribution in [3.63, 3.8) is 0 Å². The minimum absolute atomic E-state index is 0.0631. The fraction of sp³-hybridized carbons (Fsp3) is 0.200. The Morgan fingerprint density at radius 2 is 1.86 bits per heavy atom. The van der Waals surface area contributed by atoms with E-state index >= 15 is 0 Å². The molecule has 0 unspecified atom stereocenters. The van der Waals surface area contributed by atoms with Crippen molar-refractivity contribution in [2.24, 2.45) is 7.05 Å². The van der Waals surface area contributed by atoms with Crippen molar-refractivity contribution in [1.82, 2.24) is 4.57 Å². The highest BCUT2D eigenvalue weighted by atomic mass is 19.1. The average Bonchev–Trinajstić information content (AvgIpc) is 2.39.